The Morgan fingerprint density at radius 2 is 2.00 bits per heavy atom. The summed E-state index contributed by atoms with van der Waals surface area (Å²) < 4.78 is 10.1. The zero-order chi connectivity index (χ0) is 13.8. The zero-order valence-corrected chi connectivity index (χ0v) is 11.4. The number of hydrogen-bond donors (Lipinski definition) is 1. The zero-order valence-electron chi connectivity index (χ0n) is 11.4. The van der Waals surface area contributed by atoms with Crippen molar-refractivity contribution in [3.05, 3.63) is 12.2 Å². The lowest BCUT2D eigenvalue weighted by molar-refractivity contribution is -0.146. The van der Waals surface area contributed by atoms with E-state index in [0.717, 1.165) is 0 Å². The van der Waals surface area contributed by atoms with Gasteiger partial charge in [0.1, 0.15) is 5.60 Å². The Hall–Kier alpha value is -1.52. The largest absolute Gasteiger partial charge is 0.466 e. The highest BCUT2D eigenvalue weighted by Crippen LogP contribution is 2.19. The summed E-state index contributed by atoms with van der Waals surface area (Å²) in [4.78, 5) is 23.0. The topological polar surface area (TPSA) is 64.6 Å². The van der Waals surface area contributed by atoms with Crippen LogP contribution >= 0.6 is 0 Å². The molecule has 0 aromatic carbocycles. The normalized spacial score (nSPS) is 22.7. The Bertz CT molecular complexity index is 343. The van der Waals surface area contributed by atoms with E-state index in [0.29, 0.717) is 13.0 Å². The smallest absolute Gasteiger partial charge is 0.408 e. The van der Waals surface area contributed by atoms with E-state index >= 15 is 0 Å². The molecule has 1 aliphatic carbocycles. The Kier molecular flexibility index (Phi) is 4.76. The molecule has 0 heterocycles. The minimum Gasteiger partial charge on any atom is -0.466 e. The first-order valence-electron chi connectivity index (χ1n) is 6.16. The van der Waals surface area contributed by atoms with E-state index in [9.17, 15) is 9.59 Å². The number of ether oxygens (including phenoxy) is 2. The quantitative estimate of drug-likeness (QED) is 0.619. The molecule has 2 atom stereocenters. The van der Waals surface area contributed by atoms with Gasteiger partial charge in [-0.3, -0.25) is 4.79 Å². The van der Waals surface area contributed by atoms with Crippen LogP contribution in [0.15, 0.2) is 12.2 Å². The lowest BCUT2D eigenvalue weighted by Gasteiger charge is -2.21. The molecule has 1 N–H and O–H groups in total. The molecule has 0 bridgehead atoms. The number of carbonyl (C=O) groups is 2. The molecule has 1 rings (SSSR count). The fourth-order valence-electron chi connectivity index (χ4n) is 1.69. The second kappa shape index (κ2) is 5.89. The molecule has 0 spiro atoms. The van der Waals surface area contributed by atoms with Crippen LogP contribution in [0.1, 0.15) is 34.1 Å². The minimum absolute atomic E-state index is 0.172. The van der Waals surface area contributed by atoms with Gasteiger partial charge in [0, 0.05) is 0 Å². The second-order valence-corrected chi connectivity index (χ2v) is 5.23. The number of nitrogens with one attached hydrogen (secondary N) is 1. The Labute approximate surface area is 108 Å². The lowest BCUT2D eigenvalue weighted by atomic mass is 10.1. The van der Waals surface area contributed by atoms with Crippen molar-refractivity contribution < 1.29 is 19.1 Å². The van der Waals surface area contributed by atoms with Crippen molar-refractivity contribution in [2.75, 3.05) is 6.61 Å². The first-order valence-corrected chi connectivity index (χ1v) is 6.16. The van der Waals surface area contributed by atoms with Gasteiger partial charge in [-0.2, -0.15) is 0 Å². The minimum atomic E-state index is -0.521. The summed E-state index contributed by atoms with van der Waals surface area (Å²) in [5.41, 5.74) is -0.521. The summed E-state index contributed by atoms with van der Waals surface area (Å²) in [5, 5.41) is 2.71. The van der Waals surface area contributed by atoms with E-state index in [4.69, 9.17) is 9.47 Å². The van der Waals surface area contributed by atoms with Crippen molar-refractivity contribution in [3.63, 3.8) is 0 Å². The number of amides is 1. The van der Waals surface area contributed by atoms with Crippen LogP contribution in [0.4, 0.5) is 4.79 Å². The number of carbonyl (C=O) groups excluding carboxylic acids is 2. The van der Waals surface area contributed by atoms with E-state index < -0.39 is 11.7 Å². The van der Waals surface area contributed by atoms with Gasteiger partial charge in [0.15, 0.2) is 0 Å². The van der Waals surface area contributed by atoms with Gasteiger partial charge >= 0.3 is 12.1 Å². The molecule has 0 fully saturated rings. The van der Waals surface area contributed by atoms with Crippen molar-refractivity contribution in [3.8, 4) is 0 Å². The summed E-state index contributed by atoms with van der Waals surface area (Å²) in [5.74, 6) is -0.521. The van der Waals surface area contributed by atoms with Crippen LogP contribution in [-0.2, 0) is 14.3 Å². The van der Waals surface area contributed by atoms with Gasteiger partial charge in [-0.1, -0.05) is 12.2 Å². The molecule has 5 nitrogen and oxygen atoms in total. The number of rotatable bonds is 3. The van der Waals surface area contributed by atoms with Gasteiger partial charge in [-0.25, -0.2) is 4.79 Å². The third kappa shape index (κ3) is 4.77. The summed E-state index contributed by atoms with van der Waals surface area (Å²) in [6, 6.07) is -0.172. The number of hydrogen-bond acceptors (Lipinski definition) is 4. The predicted molar refractivity (Wildman–Crippen MR) is 67.0 cm³/mol. The van der Waals surface area contributed by atoms with Crippen LogP contribution in [0.25, 0.3) is 0 Å². The van der Waals surface area contributed by atoms with Gasteiger partial charge in [-0.15, -0.1) is 0 Å². The molecule has 1 amide bonds. The van der Waals surface area contributed by atoms with E-state index in [2.05, 4.69) is 5.32 Å². The first-order chi connectivity index (χ1) is 8.31. The lowest BCUT2D eigenvalue weighted by Crippen LogP contribution is -2.38. The van der Waals surface area contributed by atoms with Gasteiger partial charge in [0.25, 0.3) is 0 Å². The van der Waals surface area contributed by atoms with Gasteiger partial charge < -0.3 is 14.8 Å². The first kappa shape index (κ1) is 14.5. The molecular weight excluding hydrogens is 234 g/mol. The molecule has 0 aromatic heterocycles. The average Bonchev–Trinajstić information content (AvgIpc) is 2.63. The van der Waals surface area contributed by atoms with Crippen molar-refractivity contribution in [2.45, 2.75) is 45.8 Å². The van der Waals surface area contributed by atoms with E-state index in [1.807, 2.05) is 0 Å². The van der Waals surface area contributed by atoms with Crippen molar-refractivity contribution >= 4 is 12.1 Å². The third-order valence-electron chi connectivity index (χ3n) is 2.38. The fourth-order valence-corrected chi connectivity index (χ4v) is 1.69. The molecule has 1 aliphatic rings. The Morgan fingerprint density at radius 1 is 1.33 bits per heavy atom. The maximum atomic E-state index is 11.5. The summed E-state index contributed by atoms with van der Waals surface area (Å²) in [6.45, 7) is 7.55. The average molecular weight is 255 g/mol. The summed E-state index contributed by atoms with van der Waals surface area (Å²) >= 11 is 0. The second-order valence-electron chi connectivity index (χ2n) is 5.23. The molecule has 0 radical (unpaired) electrons. The van der Waals surface area contributed by atoms with E-state index in [1.165, 1.54) is 0 Å². The highest BCUT2D eigenvalue weighted by molar-refractivity contribution is 5.76. The third-order valence-corrected chi connectivity index (χ3v) is 2.38. The molecule has 5 heteroatoms. The fraction of sp³-hybridized carbons (Fsp3) is 0.692. The van der Waals surface area contributed by atoms with Gasteiger partial charge in [0.05, 0.1) is 18.6 Å². The van der Waals surface area contributed by atoms with Crippen molar-refractivity contribution in [1.82, 2.24) is 5.32 Å². The molecule has 0 saturated carbocycles. The van der Waals surface area contributed by atoms with E-state index in [1.54, 1.807) is 39.8 Å². The van der Waals surface area contributed by atoms with Crippen LogP contribution in [0, 0.1) is 5.92 Å². The highest BCUT2D eigenvalue weighted by Gasteiger charge is 2.28. The van der Waals surface area contributed by atoms with E-state index in [-0.39, 0.29) is 17.9 Å². The highest BCUT2D eigenvalue weighted by atomic mass is 16.6. The van der Waals surface area contributed by atoms with Crippen LogP contribution in [0.2, 0.25) is 0 Å². The van der Waals surface area contributed by atoms with Crippen molar-refractivity contribution in [1.29, 1.82) is 0 Å². The van der Waals surface area contributed by atoms with Crippen LogP contribution < -0.4 is 5.32 Å². The Balaban J connectivity index is 2.38. The standard InChI is InChI=1S/C13H21NO4/c1-5-17-11(15)9-6-7-10(8-9)14-12(16)18-13(2,3)4/h6-7,9-10H,5,8H2,1-4H3,(H,14,16)/t9-,10+/m0/s1. The molecule has 0 unspecified atom stereocenters. The summed E-state index contributed by atoms with van der Waals surface area (Å²) in [7, 11) is 0. The maximum absolute atomic E-state index is 11.5. The molecule has 0 aliphatic heterocycles. The molecule has 102 valence electrons. The maximum Gasteiger partial charge on any atom is 0.408 e. The number of esters is 1. The summed E-state index contributed by atoms with van der Waals surface area (Å²) in [6.07, 6.45) is 3.62. The molecule has 18 heavy (non-hydrogen) atoms. The number of alkyl carbamates (subject to hydrolysis) is 1. The van der Waals surface area contributed by atoms with Crippen LogP contribution in [0.3, 0.4) is 0 Å². The monoisotopic (exact) mass is 255 g/mol. The molecule has 0 saturated heterocycles. The molecule has 0 aromatic rings. The van der Waals surface area contributed by atoms with Gasteiger partial charge in [0.2, 0.25) is 0 Å². The SMILES string of the molecule is CCOC(=O)[C@H]1C=C[C@@H](NC(=O)OC(C)(C)C)C1. The van der Waals surface area contributed by atoms with Crippen LogP contribution in [-0.4, -0.2) is 30.3 Å². The van der Waals surface area contributed by atoms with Crippen LogP contribution in [0.5, 0.6) is 0 Å². The molecular formula is C13H21NO4. The van der Waals surface area contributed by atoms with Crippen molar-refractivity contribution in [2.24, 2.45) is 5.92 Å². The predicted octanol–water partition coefficient (Wildman–Crippen LogP) is 2.02. The Morgan fingerprint density at radius 3 is 2.56 bits per heavy atom. The van der Waals surface area contributed by atoms with Gasteiger partial charge in [-0.05, 0) is 34.1 Å².